The Labute approximate surface area is 184 Å². The third kappa shape index (κ3) is 4.27. The number of nitrogens with zero attached hydrogens (tertiary/aromatic N) is 3. The van der Waals surface area contributed by atoms with Gasteiger partial charge in [-0.15, -0.1) is 0 Å². The zero-order chi connectivity index (χ0) is 21.2. The molecule has 0 saturated heterocycles. The lowest BCUT2D eigenvalue weighted by atomic mass is 10.1. The molecule has 2 aliphatic rings. The Morgan fingerprint density at radius 3 is 2.77 bits per heavy atom. The van der Waals surface area contributed by atoms with Crippen molar-refractivity contribution in [2.24, 2.45) is 4.99 Å². The van der Waals surface area contributed by atoms with Crippen molar-refractivity contribution < 1.29 is 14.2 Å². The molecule has 2 N–H and O–H groups in total. The smallest absolute Gasteiger partial charge is 0.299 e. The maximum atomic E-state index is 6.07. The second-order valence-electron chi connectivity index (χ2n) is 7.41. The number of hydrogen-bond acceptors (Lipinski definition) is 9. The van der Waals surface area contributed by atoms with Gasteiger partial charge in [0, 0.05) is 35.9 Å². The average molecular weight is 438 g/mol. The van der Waals surface area contributed by atoms with Crippen LogP contribution in [0.15, 0.2) is 35.3 Å². The summed E-state index contributed by atoms with van der Waals surface area (Å²) in [5.74, 6) is 3.64. The summed E-state index contributed by atoms with van der Waals surface area (Å²) < 4.78 is 21.7. The molecule has 5 rings (SSSR count). The highest BCUT2D eigenvalue weighted by Crippen LogP contribution is 2.36. The molecule has 0 spiro atoms. The van der Waals surface area contributed by atoms with E-state index in [1.54, 1.807) is 0 Å². The van der Waals surface area contributed by atoms with Gasteiger partial charge < -0.3 is 24.8 Å². The van der Waals surface area contributed by atoms with Crippen LogP contribution in [0.4, 0.5) is 5.69 Å². The molecule has 3 aromatic rings. The molecule has 2 aromatic carbocycles. The van der Waals surface area contributed by atoms with E-state index in [-0.39, 0.29) is 0 Å². The topological polar surface area (TPSA) is 89.9 Å². The fourth-order valence-corrected chi connectivity index (χ4v) is 3.99. The molecule has 9 heteroatoms. The van der Waals surface area contributed by atoms with Gasteiger partial charge in [-0.3, -0.25) is 4.99 Å². The molecule has 0 fully saturated rings. The molecule has 3 heterocycles. The summed E-state index contributed by atoms with van der Waals surface area (Å²) in [5.41, 5.74) is 3.93. The molecule has 8 nitrogen and oxygen atoms in total. The van der Waals surface area contributed by atoms with Gasteiger partial charge in [-0.05, 0) is 61.7 Å². The fourth-order valence-electron chi connectivity index (χ4n) is 3.42. The number of aryl methyl sites for hydroxylation is 2. The first-order chi connectivity index (χ1) is 15.2. The molecule has 0 unspecified atom stereocenters. The van der Waals surface area contributed by atoms with Crippen LogP contribution in [0.5, 0.6) is 22.4 Å². The lowest BCUT2D eigenvalue weighted by Gasteiger charge is -2.18. The zero-order valence-electron chi connectivity index (χ0n) is 17.4. The number of guanidine groups is 1. The predicted octanol–water partition coefficient (Wildman–Crippen LogP) is 4.15. The molecule has 0 atom stereocenters. The van der Waals surface area contributed by atoms with Gasteiger partial charge in [-0.2, -0.15) is 9.36 Å². The minimum absolute atomic E-state index is 0.492. The maximum absolute atomic E-state index is 6.07. The Bertz CT molecular complexity index is 1140. The van der Waals surface area contributed by atoms with E-state index in [9.17, 15) is 0 Å². The van der Waals surface area contributed by atoms with Crippen molar-refractivity contribution in [1.29, 1.82) is 0 Å². The predicted molar refractivity (Wildman–Crippen MR) is 121 cm³/mol. The summed E-state index contributed by atoms with van der Waals surface area (Å²) in [7, 11) is 0. The number of nitrogens with one attached hydrogen (secondary N) is 2. The van der Waals surface area contributed by atoms with Crippen LogP contribution in [0.25, 0.3) is 11.4 Å². The van der Waals surface area contributed by atoms with Crippen LogP contribution in [0.2, 0.25) is 0 Å². The summed E-state index contributed by atoms with van der Waals surface area (Å²) in [4.78, 5) is 9.03. The van der Waals surface area contributed by atoms with Gasteiger partial charge in [0.1, 0.15) is 19.0 Å². The van der Waals surface area contributed by atoms with Crippen LogP contribution < -0.4 is 24.8 Å². The molecule has 31 heavy (non-hydrogen) atoms. The first kappa shape index (κ1) is 19.6. The summed E-state index contributed by atoms with van der Waals surface area (Å²) in [5, 5.41) is 7.14. The lowest BCUT2D eigenvalue weighted by Crippen LogP contribution is -2.35. The van der Waals surface area contributed by atoms with Gasteiger partial charge in [-0.1, -0.05) is 0 Å². The number of benzene rings is 2. The van der Waals surface area contributed by atoms with Crippen molar-refractivity contribution in [2.75, 3.05) is 31.6 Å². The molecule has 0 bridgehead atoms. The molecule has 0 amide bonds. The molecule has 0 radical (unpaired) electrons. The van der Waals surface area contributed by atoms with Gasteiger partial charge in [-0.25, -0.2) is 0 Å². The molecule has 1 aromatic heterocycles. The summed E-state index contributed by atoms with van der Waals surface area (Å²) >= 11 is 1.22. The molecular formula is C22H23N5O3S. The normalized spacial score (nSPS) is 15.1. The quantitative estimate of drug-likeness (QED) is 0.634. The van der Waals surface area contributed by atoms with Crippen molar-refractivity contribution in [3.05, 3.63) is 41.5 Å². The highest BCUT2D eigenvalue weighted by atomic mass is 32.1. The fraction of sp³-hybridized carbons (Fsp3) is 0.318. The number of aromatic nitrogens is 2. The van der Waals surface area contributed by atoms with Gasteiger partial charge in [0.05, 0.1) is 0 Å². The van der Waals surface area contributed by atoms with Crippen LogP contribution >= 0.6 is 11.5 Å². The highest BCUT2D eigenvalue weighted by molar-refractivity contribution is 7.07. The highest BCUT2D eigenvalue weighted by Gasteiger charge is 2.16. The number of anilines is 1. The zero-order valence-corrected chi connectivity index (χ0v) is 18.2. The van der Waals surface area contributed by atoms with E-state index in [2.05, 4.69) is 31.0 Å². The van der Waals surface area contributed by atoms with Crippen LogP contribution in [0.3, 0.4) is 0 Å². The van der Waals surface area contributed by atoms with Crippen LogP contribution in [0, 0.1) is 13.8 Å². The van der Waals surface area contributed by atoms with E-state index in [4.69, 9.17) is 14.2 Å². The number of aliphatic imine (C=N–C) groups is 1. The largest absolute Gasteiger partial charge is 0.486 e. The Morgan fingerprint density at radius 2 is 1.94 bits per heavy atom. The van der Waals surface area contributed by atoms with Gasteiger partial charge >= 0.3 is 0 Å². The minimum Gasteiger partial charge on any atom is -0.486 e. The molecular weight excluding hydrogens is 414 g/mol. The van der Waals surface area contributed by atoms with E-state index in [0.717, 1.165) is 59.3 Å². The summed E-state index contributed by atoms with van der Waals surface area (Å²) in [6, 6.07) is 9.78. The van der Waals surface area contributed by atoms with Gasteiger partial charge in [0.15, 0.2) is 23.3 Å². The third-order valence-electron chi connectivity index (χ3n) is 5.08. The van der Waals surface area contributed by atoms with Crippen molar-refractivity contribution in [3.63, 3.8) is 0 Å². The first-order valence-corrected chi connectivity index (χ1v) is 11.0. The van der Waals surface area contributed by atoms with Crippen molar-refractivity contribution in [3.8, 4) is 33.8 Å². The molecule has 0 aliphatic carbocycles. The van der Waals surface area contributed by atoms with Crippen LogP contribution in [-0.2, 0) is 0 Å². The lowest BCUT2D eigenvalue weighted by molar-refractivity contribution is 0.171. The number of rotatable bonds is 4. The summed E-state index contributed by atoms with van der Waals surface area (Å²) in [6.45, 7) is 6.95. The SMILES string of the molecule is Cc1cc(Oc2nc(-c3ccc4c(c3)OCCO4)ns2)c(C)cc1NC1=NCCCN1. The van der Waals surface area contributed by atoms with E-state index >= 15 is 0 Å². The van der Waals surface area contributed by atoms with E-state index in [1.165, 1.54) is 11.5 Å². The van der Waals surface area contributed by atoms with Crippen molar-refractivity contribution in [1.82, 2.24) is 14.7 Å². The van der Waals surface area contributed by atoms with Crippen molar-refractivity contribution >= 4 is 23.2 Å². The Hall–Kier alpha value is -3.33. The molecule has 2 aliphatic heterocycles. The van der Waals surface area contributed by atoms with E-state index in [0.29, 0.717) is 30.0 Å². The van der Waals surface area contributed by atoms with Gasteiger partial charge in [0.2, 0.25) is 0 Å². The standard InChI is InChI=1S/C22H23N5O3S/c1-13-11-18(14(2)10-16(13)25-21-23-6-3-7-24-21)30-22-26-20(27-31-22)15-4-5-17-19(12-15)29-9-8-28-17/h4-5,10-12H,3,6-9H2,1-2H3,(H2,23,24,25). The van der Waals surface area contributed by atoms with Crippen LogP contribution in [0.1, 0.15) is 17.5 Å². The number of fused-ring (bicyclic) bond motifs is 1. The second-order valence-corrected chi connectivity index (χ2v) is 8.13. The summed E-state index contributed by atoms with van der Waals surface area (Å²) in [6.07, 6.45) is 1.06. The second kappa shape index (κ2) is 8.43. The van der Waals surface area contributed by atoms with Gasteiger partial charge in [0.25, 0.3) is 5.19 Å². The Kier molecular flexibility index (Phi) is 5.33. The third-order valence-corrected chi connectivity index (χ3v) is 5.67. The Morgan fingerprint density at radius 1 is 1.06 bits per heavy atom. The minimum atomic E-state index is 0.492. The number of hydrogen-bond donors (Lipinski definition) is 2. The monoisotopic (exact) mass is 437 g/mol. The maximum Gasteiger partial charge on any atom is 0.299 e. The van der Waals surface area contributed by atoms with Crippen molar-refractivity contribution in [2.45, 2.75) is 20.3 Å². The number of ether oxygens (including phenoxy) is 3. The Balaban J connectivity index is 1.33. The molecule has 0 saturated carbocycles. The average Bonchev–Trinajstić information content (AvgIpc) is 3.26. The first-order valence-electron chi connectivity index (χ1n) is 10.2. The molecule has 160 valence electrons. The van der Waals surface area contributed by atoms with E-state index in [1.807, 2.05) is 38.1 Å². The van der Waals surface area contributed by atoms with Crippen LogP contribution in [-0.4, -0.2) is 41.6 Å². The van der Waals surface area contributed by atoms with E-state index < -0.39 is 0 Å².